The molecule has 0 aromatic carbocycles. The minimum Gasteiger partial charge on any atom is -0.463 e. The highest BCUT2D eigenvalue weighted by Crippen LogP contribution is 2.19. The highest BCUT2D eigenvalue weighted by Gasteiger charge is 2.20. The Labute approximate surface area is 111 Å². The number of aromatic nitrogens is 2. The van der Waals surface area contributed by atoms with Crippen molar-refractivity contribution in [2.24, 2.45) is 0 Å². The summed E-state index contributed by atoms with van der Waals surface area (Å²) < 4.78 is 7.25. The number of furan rings is 1. The molecule has 19 heavy (non-hydrogen) atoms. The maximum atomic E-state index is 11.7. The molecule has 1 N–H and O–H groups in total. The number of hydrogen-bond acceptors (Lipinski definition) is 4. The minimum absolute atomic E-state index is 0.0541. The molecule has 0 unspecified atom stereocenters. The monoisotopic (exact) mass is 259 g/mol. The summed E-state index contributed by atoms with van der Waals surface area (Å²) in [4.78, 5) is 15.9. The third-order valence-electron chi connectivity index (χ3n) is 3.20. The molecular formula is C14H17N3O2. The van der Waals surface area contributed by atoms with Gasteiger partial charge >= 0.3 is 0 Å². The molecule has 1 fully saturated rings. The average molecular weight is 259 g/mol. The van der Waals surface area contributed by atoms with Crippen LogP contribution in [-0.4, -0.2) is 15.6 Å². The fourth-order valence-electron chi connectivity index (χ4n) is 1.94. The molecule has 2 aromatic heterocycles. The Morgan fingerprint density at radius 2 is 2.21 bits per heavy atom. The van der Waals surface area contributed by atoms with Gasteiger partial charge in [0, 0.05) is 17.8 Å². The molecule has 0 atom stereocenters. The van der Waals surface area contributed by atoms with Crippen LogP contribution in [-0.2, 0) is 13.1 Å². The Morgan fingerprint density at radius 3 is 2.95 bits per heavy atom. The number of rotatable bonds is 5. The lowest BCUT2D eigenvalue weighted by atomic mass is 10.4. The van der Waals surface area contributed by atoms with Crippen LogP contribution < -0.4 is 10.9 Å². The molecule has 0 bridgehead atoms. The predicted octanol–water partition coefficient (Wildman–Crippen LogP) is 1.45. The van der Waals surface area contributed by atoms with Crippen LogP contribution >= 0.6 is 0 Å². The van der Waals surface area contributed by atoms with E-state index in [1.807, 2.05) is 12.1 Å². The van der Waals surface area contributed by atoms with Crippen molar-refractivity contribution in [1.82, 2.24) is 14.9 Å². The second kappa shape index (κ2) is 5.01. The van der Waals surface area contributed by atoms with Gasteiger partial charge in [0.25, 0.3) is 5.56 Å². The van der Waals surface area contributed by atoms with Crippen molar-refractivity contribution in [3.8, 4) is 0 Å². The van der Waals surface area contributed by atoms with Crippen LogP contribution in [0, 0.1) is 6.92 Å². The first kappa shape index (κ1) is 12.2. The Balaban J connectivity index is 1.66. The van der Waals surface area contributed by atoms with E-state index in [0.29, 0.717) is 12.6 Å². The lowest BCUT2D eigenvalue weighted by Crippen LogP contribution is -2.20. The van der Waals surface area contributed by atoms with E-state index in [0.717, 1.165) is 23.8 Å². The zero-order chi connectivity index (χ0) is 13.2. The van der Waals surface area contributed by atoms with Crippen LogP contribution in [0.15, 0.2) is 33.7 Å². The first-order valence-corrected chi connectivity index (χ1v) is 6.55. The molecule has 2 aromatic rings. The molecule has 5 heteroatoms. The van der Waals surface area contributed by atoms with Gasteiger partial charge in [-0.1, -0.05) is 0 Å². The van der Waals surface area contributed by atoms with Crippen molar-refractivity contribution in [3.63, 3.8) is 0 Å². The van der Waals surface area contributed by atoms with Crippen LogP contribution in [0.3, 0.4) is 0 Å². The molecule has 0 amide bonds. The molecule has 0 spiro atoms. The first-order chi connectivity index (χ1) is 9.20. The van der Waals surface area contributed by atoms with Gasteiger partial charge in [-0.05, 0) is 31.9 Å². The summed E-state index contributed by atoms with van der Waals surface area (Å²) in [7, 11) is 0. The van der Waals surface area contributed by atoms with E-state index in [1.165, 1.54) is 18.9 Å². The van der Waals surface area contributed by atoms with Crippen LogP contribution in [0.5, 0.6) is 0 Å². The zero-order valence-corrected chi connectivity index (χ0v) is 10.9. The van der Waals surface area contributed by atoms with Crippen molar-refractivity contribution >= 4 is 0 Å². The van der Waals surface area contributed by atoms with Crippen molar-refractivity contribution in [1.29, 1.82) is 0 Å². The van der Waals surface area contributed by atoms with Crippen molar-refractivity contribution in [2.45, 2.75) is 38.9 Å². The highest BCUT2D eigenvalue weighted by atomic mass is 16.3. The number of nitrogens with one attached hydrogen (secondary N) is 1. The van der Waals surface area contributed by atoms with E-state index in [2.05, 4.69) is 10.3 Å². The Kier molecular flexibility index (Phi) is 3.21. The largest absolute Gasteiger partial charge is 0.463 e. The van der Waals surface area contributed by atoms with Gasteiger partial charge in [0.1, 0.15) is 11.5 Å². The summed E-state index contributed by atoms with van der Waals surface area (Å²) in [6, 6.07) is 6.06. The van der Waals surface area contributed by atoms with Crippen LogP contribution in [0.2, 0.25) is 0 Å². The maximum Gasteiger partial charge on any atom is 0.253 e. The molecule has 100 valence electrons. The van der Waals surface area contributed by atoms with Gasteiger partial charge in [-0.2, -0.15) is 0 Å². The van der Waals surface area contributed by atoms with Gasteiger partial charge in [0.2, 0.25) is 0 Å². The van der Waals surface area contributed by atoms with Gasteiger partial charge < -0.3 is 9.73 Å². The normalized spacial score (nSPS) is 14.8. The molecule has 5 nitrogen and oxygen atoms in total. The van der Waals surface area contributed by atoms with E-state index in [-0.39, 0.29) is 5.56 Å². The van der Waals surface area contributed by atoms with Gasteiger partial charge in [0.05, 0.1) is 19.4 Å². The van der Waals surface area contributed by atoms with E-state index in [4.69, 9.17) is 4.42 Å². The lowest BCUT2D eigenvalue weighted by Gasteiger charge is -2.03. The molecule has 2 heterocycles. The average Bonchev–Trinajstić information content (AvgIpc) is 3.10. The Bertz CT molecular complexity index is 626. The van der Waals surface area contributed by atoms with E-state index < -0.39 is 0 Å². The van der Waals surface area contributed by atoms with Crippen LogP contribution in [0.25, 0.3) is 0 Å². The third-order valence-corrected chi connectivity index (χ3v) is 3.20. The molecule has 1 aliphatic rings. The van der Waals surface area contributed by atoms with Crippen LogP contribution in [0.4, 0.5) is 0 Å². The van der Waals surface area contributed by atoms with Crippen molar-refractivity contribution < 1.29 is 4.42 Å². The second-order valence-corrected chi connectivity index (χ2v) is 5.02. The number of nitrogens with zero attached hydrogens (tertiary/aromatic N) is 2. The summed E-state index contributed by atoms with van der Waals surface area (Å²) in [5.74, 6) is 1.69. The maximum absolute atomic E-state index is 11.7. The van der Waals surface area contributed by atoms with Gasteiger partial charge in [-0.15, -0.1) is 0 Å². The quantitative estimate of drug-likeness (QED) is 0.882. The SMILES string of the molecule is Cc1cc(=O)n(Cc2ccc(CNC3CC3)o2)cn1. The standard InChI is InChI=1S/C14H17N3O2/c1-10-6-14(18)17(9-16-10)8-13-5-4-12(19-13)7-15-11-2-3-11/h4-6,9,11,15H,2-3,7-8H2,1H3. The molecule has 3 rings (SSSR count). The summed E-state index contributed by atoms with van der Waals surface area (Å²) in [6.45, 7) is 2.99. The molecular weight excluding hydrogens is 242 g/mol. The summed E-state index contributed by atoms with van der Waals surface area (Å²) in [6.07, 6.45) is 4.08. The van der Waals surface area contributed by atoms with E-state index >= 15 is 0 Å². The third kappa shape index (κ3) is 3.12. The van der Waals surface area contributed by atoms with E-state index in [1.54, 1.807) is 17.8 Å². The topological polar surface area (TPSA) is 60.1 Å². The Hall–Kier alpha value is -1.88. The second-order valence-electron chi connectivity index (χ2n) is 5.02. The van der Waals surface area contributed by atoms with Gasteiger partial charge in [0.15, 0.2) is 0 Å². The molecule has 0 radical (unpaired) electrons. The van der Waals surface area contributed by atoms with Gasteiger partial charge in [-0.25, -0.2) is 4.98 Å². The Morgan fingerprint density at radius 1 is 1.42 bits per heavy atom. The van der Waals surface area contributed by atoms with Crippen molar-refractivity contribution in [2.75, 3.05) is 0 Å². The first-order valence-electron chi connectivity index (χ1n) is 6.55. The molecule has 0 aliphatic heterocycles. The van der Waals surface area contributed by atoms with Gasteiger partial charge in [-0.3, -0.25) is 9.36 Å². The predicted molar refractivity (Wildman–Crippen MR) is 70.9 cm³/mol. The summed E-state index contributed by atoms with van der Waals surface area (Å²) in [5.41, 5.74) is 0.677. The summed E-state index contributed by atoms with van der Waals surface area (Å²) >= 11 is 0. The molecule has 0 saturated heterocycles. The molecule has 1 saturated carbocycles. The highest BCUT2D eigenvalue weighted by molar-refractivity contribution is 5.08. The molecule has 1 aliphatic carbocycles. The lowest BCUT2D eigenvalue weighted by molar-refractivity contribution is 0.434. The number of hydrogen-bond donors (Lipinski definition) is 1. The minimum atomic E-state index is -0.0541. The van der Waals surface area contributed by atoms with E-state index in [9.17, 15) is 4.79 Å². The fraction of sp³-hybridized carbons (Fsp3) is 0.429. The van der Waals surface area contributed by atoms with Crippen molar-refractivity contribution in [3.05, 3.63) is 52.1 Å². The smallest absolute Gasteiger partial charge is 0.253 e. The van der Waals surface area contributed by atoms with Crippen LogP contribution in [0.1, 0.15) is 30.1 Å². The number of aryl methyl sites for hydroxylation is 1. The summed E-state index contributed by atoms with van der Waals surface area (Å²) in [5, 5.41) is 3.39. The fourth-order valence-corrected chi connectivity index (χ4v) is 1.94. The zero-order valence-electron chi connectivity index (χ0n) is 10.9.